The number of carbonyl (C=O) groups is 2. The molecule has 0 radical (unpaired) electrons. The van der Waals surface area contributed by atoms with Gasteiger partial charge in [-0.15, -0.1) is 0 Å². The number of para-hydroxylation sites is 1. The third kappa shape index (κ3) is 5.24. The molecule has 0 N–H and O–H groups in total. The van der Waals surface area contributed by atoms with Crippen LogP contribution in [-0.4, -0.2) is 46.9 Å². The molecule has 0 amide bonds. The van der Waals surface area contributed by atoms with Gasteiger partial charge >= 0.3 is 27.8 Å². The maximum atomic E-state index is 12.6. The third-order valence-corrected chi connectivity index (χ3v) is 3.69. The second kappa shape index (κ2) is 8.05. The van der Waals surface area contributed by atoms with E-state index in [1.165, 1.54) is 12.1 Å². The summed E-state index contributed by atoms with van der Waals surface area (Å²) in [6, 6.07) is 3.50. The van der Waals surface area contributed by atoms with E-state index in [4.69, 9.17) is 0 Å². The van der Waals surface area contributed by atoms with Gasteiger partial charge in [0.05, 0.1) is 20.8 Å². The Kier molecular flexibility index (Phi) is 6.62. The Balaban J connectivity index is 3.24. The highest BCUT2D eigenvalue weighted by Crippen LogP contribution is 2.32. The molecular weight excluding hydrogens is 373 g/mol. The van der Waals surface area contributed by atoms with Crippen LogP contribution in [0.3, 0.4) is 0 Å². The van der Waals surface area contributed by atoms with Crippen LogP contribution in [0.5, 0.6) is 5.75 Å². The first-order chi connectivity index (χ1) is 11.5. The molecule has 0 aromatic heterocycles. The molecule has 12 heteroatoms. The number of benzene rings is 1. The number of methoxy groups -OCH3 is 2. The van der Waals surface area contributed by atoms with Crippen LogP contribution in [0.4, 0.5) is 18.0 Å². The molecule has 1 aromatic rings. The number of hydrogen-bond acceptors (Lipinski definition) is 8. The first-order valence-electron chi connectivity index (χ1n) is 6.45. The fraction of sp³-hybridized carbons (Fsp3) is 0.385. The van der Waals surface area contributed by atoms with E-state index >= 15 is 0 Å². The van der Waals surface area contributed by atoms with Gasteiger partial charge in [0, 0.05) is 12.0 Å². The van der Waals surface area contributed by atoms with Crippen molar-refractivity contribution in [1.29, 1.82) is 0 Å². The summed E-state index contributed by atoms with van der Waals surface area (Å²) in [7, 11) is -4.02. The molecule has 0 aliphatic rings. The maximum Gasteiger partial charge on any atom is 0.534 e. The van der Waals surface area contributed by atoms with Gasteiger partial charge in [0.2, 0.25) is 0 Å². The average molecular weight is 386 g/mol. The summed E-state index contributed by atoms with van der Waals surface area (Å²) in [5.74, 6) is -1.97. The predicted molar refractivity (Wildman–Crippen MR) is 75.4 cm³/mol. The number of ether oxygens (including phenoxy) is 3. The number of carbonyl (C=O) groups excluding carboxylic acids is 2. The van der Waals surface area contributed by atoms with Gasteiger partial charge in [0.1, 0.15) is 5.56 Å². The number of hydrogen-bond donors (Lipinski definition) is 0. The van der Waals surface area contributed by atoms with Crippen LogP contribution in [0.25, 0.3) is 0 Å². The van der Waals surface area contributed by atoms with Gasteiger partial charge in [-0.3, -0.25) is 0 Å². The Morgan fingerprint density at radius 1 is 1.12 bits per heavy atom. The van der Waals surface area contributed by atoms with Gasteiger partial charge in [-0.1, -0.05) is 12.1 Å². The first-order valence-corrected chi connectivity index (χ1v) is 7.86. The number of rotatable bonds is 6. The third-order valence-electron chi connectivity index (χ3n) is 2.74. The molecule has 0 saturated carbocycles. The van der Waals surface area contributed by atoms with Crippen LogP contribution in [0.1, 0.15) is 15.9 Å². The molecule has 0 heterocycles. The average Bonchev–Trinajstić information content (AvgIpc) is 2.53. The van der Waals surface area contributed by atoms with E-state index in [2.05, 4.69) is 18.4 Å². The minimum Gasteiger partial charge on any atom is -0.465 e. The summed E-state index contributed by atoms with van der Waals surface area (Å²) < 4.78 is 77.5. The van der Waals surface area contributed by atoms with Gasteiger partial charge in [0.15, 0.2) is 5.75 Å². The van der Waals surface area contributed by atoms with Crippen molar-refractivity contribution in [2.45, 2.75) is 11.9 Å². The molecule has 140 valence electrons. The van der Waals surface area contributed by atoms with Crippen LogP contribution in [0.15, 0.2) is 18.2 Å². The highest BCUT2D eigenvalue weighted by Gasteiger charge is 2.49. The highest BCUT2D eigenvalue weighted by atomic mass is 32.2. The van der Waals surface area contributed by atoms with Crippen molar-refractivity contribution >= 4 is 22.2 Å². The van der Waals surface area contributed by atoms with Crippen molar-refractivity contribution < 1.29 is 49.6 Å². The Bertz CT molecular complexity index is 742. The van der Waals surface area contributed by atoms with Crippen molar-refractivity contribution in [2.75, 3.05) is 20.8 Å². The summed E-state index contributed by atoms with van der Waals surface area (Å²) in [4.78, 5) is 22.5. The van der Waals surface area contributed by atoms with Gasteiger partial charge in [-0.25, -0.2) is 9.59 Å². The summed E-state index contributed by atoms with van der Waals surface area (Å²) >= 11 is 0. The van der Waals surface area contributed by atoms with E-state index < -0.39 is 39.1 Å². The molecule has 0 saturated heterocycles. The largest absolute Gasteiger partial charge is 0.534 e. The fourth-order valence-electron chi connectivity index (χ4n) is 1.61. The zero-order chi connectivity index (χ0) is 19.3. The van der Waals surface area contributed by atoms with Crippen LogP contribution >= 0.6 is 0 Å². The number of halogens is 3. The SMILES string of the molecule is COC(=O)OCCc1cccc(C(=O)OC)c1OS(=O)(=O)C(F)(F)F. The highest BCUT2D eigenvalue weighted by molar-refractivity contribution is 7.88. The smallest absolute Gasteiger partial charge is 0.465 e. The standard InChI is InChI=1S/C13H13F3O8S/c1-21-11(17)9-5-3-4-8(6-7-23-12(18)22-2)10(9)24-25(19,20)13(14,15)16/h3-5H,6-7H2,1-2H3. The maximum absolute atomic E-state index is 12.6. The lowest BCUT2D eigenvalue weighted by Crippen LogP contribution is -2.29. The normalized spacial score (nSPS) is 11.6. The van der Waals surface area contributed by atoms with E-state index in [0.29, 0.717) is 0 Å². The monoisotopic (exact) mass is 386 g/mol. The molecule has 1 aromatic carbocycles. The van der Waals surface area contributed by atoms with E-state index in [-0.39, 0.29) is 18.6 Å². The van der Waals surface area contributed by atoms with Crippen LogP contribution in [0.2, 0.25) is 0 Å². The molecule has 25 heavy (non-hydrogen) atoms. The Morgan fingerprint density at radius 3 is 2.28 bits per heavy atom. The molecule has 0 aliphatic carbocycles. The van der Waals surface area contributed by atoms with Gasteiger partial charge in [-0.05, 0) is 6.07 Å². The zero-order valence-corrected chi connectivity index (χ0v) is 13.8. The lowest BCUT2D eigenvalue weighted by molar-refractivity contribution is -0.0500. The lowest BCUT2D eigenvalue weighted by atomic mass is 10.1. The fourth-order valence-corrected chi connectivity index (χ4v) is 2.12. The molecular formula is C13H13F3O8S. The van der Waals surface area contributed by atoms with Gasteiger partial charge < -0.3 is 18.4 Å². The number of alkyl halides is 3. The molecule has 8 nitrogen and oxygen atoms in total. The van der Waals surface area contributed by atoms with E-state index in [1.807, 2.05) is 0 Å². The van der Waals surface area contributed by atoms with Crippen LogP contribution in [-0.2, 0) is 30.7 Å². The number of esters is 1. The van der Waals surface area contributed by atoms with Crippen molar-refractivity contribution in [3.8, 4) is 5.75 Å². The van der Waals surface area contributed by atoms with Crippen LogP contribution in [0, 0.1) is 0 Å². The summed E-state index contributed by atoms with van der Waals surface area (Å²) in [5, 5.41) is 0. The molecule has 0 unspecified atom stereocenters. The van der Waals surface area contributed by atoms with Crippen molar-refractivity contribution in [3.63, 3.8) is 0 Å². The Hall–Kier alpha value is -2.50. The van der Waals surface area contributed by atoms with Crippen molar-refractivity contribution in [3.05, 3.63) is 29.3 Å². The topological polar surface area (TPSA) is 105 Å². The van der Waals surface area contributed by atoms with Gasteiger partial charge in [-0.2, -0.15) is 21.6 Å². The zero-order valence-electron chi connectivity index (χ0n) is 13.0. The molecule has 1 rings (SSSR count). The lowest BCUT2D eigenvalue weighted by Gasteiger charge is -2.15. The van der Waals surface area contributed by atoms with E-state index in [9.17, 15) is 31.2 Å². The van der Waals surface area contributed by atoms with E-state index in [0.717, 1.165) is 20.3 Å². The quantitative estimate of drug-likeness (QED) is 0.415. The second-order valence-electron chi connectivity index (χ2n) is 4.32. The minimum absolute atomic E-state index is 0.125. The first kappa shape index (κ1) is 20.5. The molecule has 0 atom stereocenters. The van der Waals surface area contributed by atoms with Crippen molar-refractivity contribution in [1.82, 2.24) is 0 Å². The van der Waals surface area contributed by atoms with Crippen molar-refractivity contribution in [2.24, 2.45) is 0 Å². The predicted octanol–water partition coefficient (Wildman–Crippen LogP) is 2.03. The van der Waals surface area contributed by atoms with Gasteiger partial charge in [0.25, 0.3) is 0 Å². The minimum atomic E-state index is -6.02. The van der Waals surface area contributed by atoms with E-state index in [1.54, 1.807) is 0 Å². The Morgan fingerprint density at radius 2 is 1.76 bits per heavy atom. The second-order valence-corrected chi connectivity index (χ2v) is 5.86. The van der Waals surface area contributed by atoms with Crippen LogP contribution < -0.4 is 4.18 Å². The molecule has 0 spiro atoms. The summed E-state index contributed by atoms with van der Waals surface area (Å²) in [5.41, 5.74) is -6.36. The molecule has 0 aliphatic heterocycles. The Labute approximate surface area is 140 Å². The molecule has 0 bridgehead atoms. The summed E-state index contributed by atoms with van der Waals surface area (Å²) in [6.07, 6.45) is -1.29. The summed E-state index contributed by atoms with van der Waals surface area (Å²) in [6.45, 7) is -0.361. The molecule has 0 fully saturated rings.